The van der Waals surface area contributed by atoms with Gasteiger partial charge in [-0.05, 0) is 31.2 Å². The van der Waals surface area contributed by atoms with Crippen molar-refractivity contribution in [3.8, 4) is 17.2 Å². The van der Waals surface area contributed by atoms with Gasteiger partial charge in [-0.2, -0.15) is 13.2 Å². The Balaban J connectivity index is 2.30. The van der Waals surface area contributed by atoms with Crippen LogP contribution in [0.2, 0.25) is 5.02 Å². The van der Waals surface area contributed by atoms with Crippen LogP contribution in [0.1, 0.15) is 12.5 Å². The summed E-state index contributed by atoms with van der Waals surface area (Å²) >= 11 is 5.86. The molecule has 2 rings (SSSR count). The summed E-state index contributed by atoms with van der Waals surface area (Å²) in [6.45, 7) is 1.22. The van der Waals surface area contributed by atoms with Crippen molar-refractivity contribution < 1.29 is 51.4 Å². The van der Waals surface area contributed by atoms with Crippen LogP contribution in [0, 0.1) is 10.1 Å². The zero-order chi connectivity index (χ0) is 25.6. The molecule has 184 valence electrons. The summed E-state index contributed by atoms with van der Waals surface area (Å²) in [7, 11) is 2.12. The van der Waals surface area contributed by atoms with Gasteiger partial charge >= 0.3 is 23.8 Å². The van der Waals surface area contributed by atoms with Crippen molar-refractivity contribution in [2.75, 3.05) is 14.2 Å². The van der Waals surface area contributed by atoms with Crippen LogP contribution in [0.15, 0.2) is 36.4 Å². The van der Waals surface area contributed by atoms with Crippen LogP contribution in [-0.2, 0) is 30.0 Å². The van der Waals surface area contributed by atoms with E-state index in [9.17, 15) is 32.9 Å². The summed E-state index contributed by atoms with van der Waals surface area (Å²) in [4.78, 5) is 34.2. The molecule has 0 saturated carbocycles. The third-order valence-corrected chi connectivity index (χ3v) is 4.38. The molecule has 2 aromatic rings. The Kier molecular flexibility index (Phi) is 8.65. The van der Waals surface area contributed by atoms with Gasteiger partial charge in [0.15, 0.2) is 6.10 Å². The monoisotopic (exact) mass is 507 g/mol. The van der Waals surface area contributed by atoms with Gasteiger partial charge in [0.1, 0.15) is 11.5 Å². The summed E-state index contributed by atoms with van der Waals surface area (Å²) in [6, 6.07) is 5.46. The minimum Gasteiger partial charge on any atom is -0.466 e. The zero-order valence-corrected chi connectivity index (χ0v) is 18.5. The Labute approximate surface area is 195 Å². The summed E-state index contributed by atoms with van der Waals surface area (Å²) in [5.74, 6) is -2.85. The first-order chi connectivity index (χ1) is 15.9. The van der Waals surface area contributed by atoms with Gasteiger partial charge < -0.3 is 23.7 Å². The van der Waals surface area contributed by atoms with Gasteiger partial charge in [0.25, 0.3) is 6.29 Å². The van der Waals surface area contributed by atoms with Crippen LogP contribution >= 0.6 is 11.6 Å². The highest BCUT2D eigenvalue weighted by Crippen LogP contribution is 2.38. The van der Waals surface area contributed by atoms with Gasteiger partial charge in [0, 0.05) is 19.2 Å². The van der Waals surface area contributed by atoms with Crippen molar-refractivity contribution in [2.45, 2.75) is 25.5 Å². The molecule has 0 fully saturated rings. The Bertz CT molecular complexity index is 1080. The molecule has 2 atom stereocenters. The number of carbonyl (C=O) groups excluding carboxylic acids is 2. The van der Waals surface area contributed by atoms with E-state index in [2.05, 4.69) is 4.74 Å². The van der Waals surface area contributed by atoms with Crippen LogP contribution in [0.4, 0.5) is 18.9 Å². The molecule has 14 heteroatoms. The quantitative estimate of drug-likeness (QED) is 0.208. The predicted molar refractivity (Wildman–Crippen MR) is 109 cm³/mol. The number of benzene rings is 2. The number of alkyl halides is 3. The van der Waals surface area contributed by atoms with E-state index in [4.69, 9.17) is 30.5 Å². The third-order valence-electron chi connectivity index (χ3n) is 4.08. The first-order valence-electron chi connectivity index (χ1n) is 9.18. The molecular weight excluding hydrogens is 491 g/mol. The van der Waals surface area contributed by atoms with E-state index in [1.807, 2.05) is 0 Å². The summed E-state index contributed by atoms with van der Waals surface area (Å²) < 4.78 is 63.2. The van der Waals surface area contributed by atoms with Gasteiger partial charge in [0.2, 0.25) is 5.75 Å². The molecule has 0 aliphatic carbocycles. The minimum absolute atomic E-state index is 0.117. The highest BCUT2D eigenvalue weighted by molar-refractivity contribution is 6.32. The highest BCUT2D eigenvalue weighted by atomic mass is 35.5. The molecule has 2 unspecified atom stereocenters. The number of esters is 2. The molecule has 0 amide bonds. The maximum Gasteiger partial charge on any atom is 0.416 e. The van der Waals surface area contributed by atoms with Crippen molar-refractivity contribution in [3.63, 3.8) is 0 Å². The Hall–Kier alpha value is -3.58. The molecule has 0 bridgehead atoms. The largest absolute Gasteiger partial charge is 0.466 e. The lowest BCUT2D eigenvalue weighted by molar-refractivity contribution is -0.386. The summed E-state index contributed by atoms with van der Waals surface area (Å²) in [5, 5.41) is 11.0. The standard InChI is InChI=1S/C20H17ClF3NO9/c1-10(17(26)30-2)32-18(27)19(31-3)34-16-9-12(5-6-14(16)25(28)29)33-15-7-4-11(8-13(15)21)20(22,23)24/h4-10,19H,1-3H3. The molecule has 0 aromatic heterocycles. The normalized spacial score (nSPS) is 12.9. The molecule has 0 aliphatic rings. The average molecular weight is 508 g/mol. The van der Waals surface area contributed by atoms with Crippen molar-refractivity contribution in [1.29, 1.82) is 0 Å². The number of carbonyl (C=O) groups is 2. The van der Waals surface area contributed by atoms with Crippen molar-refractivity contribution in [1.82, 2.24) is 0 Å². The van der Waals surface area contributed by atoms with Crippen molar-refractivity contribution >= 4 is 29.2 Å². The van der Waals surface area contributed by atoms with Crippen LogP contribution < -0.4 is 9.47 Å². The first-order valence-corrected chi connectivity index (χ1v) is 9.56. The number of rotatable bonds is 9. The number of nitro benzene ring substituents is 1. The van der Waals surface area contributed by atoms with E-state index < -0.39 is 52.4 Å². The molecule has 0 N–H and O–H groups in total. The van der Waals surface area contributed by atoms with Gasteiger partial charge in [-0.25, -0.2) is 9.59 Å². The van der Waals surface area contributed by atoms with Gasteiger partial charge in [0.05, 0.1) is 22.6 Å². The molecular formula is C20H17ClF3NO9. The highest BCUT2D eigenvalue weighted by Gasteiger charge is 2.32. The first kappa shape index (κ1) is 26.7. The lowest BCUT2D eigenvalue weighted by Gasteiger charge is -2.18. The summed E-state index contributed by atoms with van der Waals surface area (Å²) in [6.07, 6.45) is -7.76. The molecule has 2 aromatic carbocycles. The maximum atomic E-state index is 12.8. The Morgan fingerprint density at radius 3 is 2.26 bits per heavy atom. The van der Waals surface area contributed by atoms with E-state index in [-0.39, 0.29) is 16.5 Å². The molecule has 0 saturated heterocycles. The van der Waals surface area contributed by atoms with Crippen molar-refractivity contribution in [3.05, 3.63) is 57.1 Å². The van der Waals surface area contributed by atoms with E-state index >= 15 is 0 Å². The maximum absolute atomic E-state index is 12.8. The predicted octanol–water partition coefficient (Wildman–Crippen LogP) is 4.52. The number of hydrogen-bond acceptors (Lipinski definition) is 9. The molecule has 0 radical (unpaired) electrons. The SMILES string of the molecule is COC(=O)C(C)OC(=O)C(OC)Oc1cc(Oc2ccc(C(F)(F)F)cc2Cl)ccc1[N+](=O)[O-]. The molecule has 0 spiro atoms. The number of methoxy groups -OCH3 is 2. The fourth-order valence-electron chi connectivity index (χ4n) is 2.44. The van der Waals surface area contributed by atoms with E-state index in [1.54, 1.807) is 0 Å². The average Bonchev–Trinajstić information content (AvgIpc) is 2.77. The van der Waals surface area contributed by atoms with E-state index in [0.717, 1.165) is 44.6 Å². The van der Waals surface area contributed by atoms with Crippen LogP contribution in [0.25, 0.3) is 0 Å². The third kappa shape index (κ3) is 6.71. The summed E-state index contributed by atoms with van der Waals surface area (Å²) in [5.41, 5.74) is -1.60. The van der Waals surface area contributed by atoms with Gasteiger partial charge in [-0.15, -0.1) is 0 Å². The second-order valence-electron chi connectivity index (χ2n) is 6.42. The molecule has 34 heavy (non-hydrogen) atoms. The minimum atomic E-state index is -4.62. The van der Waals surface area contributed by atoms with Crippen molar-refractivity contribution in [2.24, 2.45) is 0 Å². The lowest BCUT2D eigenvalue weighted by atomic mass is 10.2. The zero-order valence-electron chi connectivity index (χ0n) is 17.8. The molecule has 10 nitrogen and oxygen atoms in total. The number of ether oxygens (including phenoxy) is 5. The fraction of sp³-hybridized carbons (Fsp3) is 0.300. The number of hydrogen-bond donors (Lipinski definition) is 0. The number of nitro groups is 1. The Morgan fingerprint density at radius 2 is 1.74 bits per heavy atom. The van der Waals surface area contributed by atoms with E-state index in [0.29, 0.717) is 6.07 Å². The van der Waals surface area contributed by atoms with Gasteiger partial charge in [-0.3, -0.25) is 10.1 Å². The van der Waals surface area contributed by atoms with Gasteiger partial charge in [-0.1, -0.05) is 11.6 Å². The lowest BCUT2D eigenvalue weighted by Crippen LogP contribution is -2.36. The molecule has 0 heterocycles. The van der Waals surface area contributed by atoms with Crippen LogP contribution in [0.5, 0.6) is 17.2 Å². The second kappa shape index (κ2) is 11.0. The fourth-order valence-corrected chi connectivity index (χ4v) is 2.66. The second-order valence-corrected chi connectivity index (χ2v) is 6.83. The number of halogens is 4. The number of nitrogens with zero attached hydrogens (tertiary/aromatic N) is 1. The smallest absolute Gasteiger partial charge is 0.416 e. The van der Waals surface area contributed by atoms with Crippen LogP contribution in [-0.4, -0.2) is 43.5 Å². The van der Waals surface area contributed by atoms with E-state index in [1.165, 1.54) is 6.92 Å². The molecule has 0 aliphatic heterocycles. The Morgan fingerprint density at radius 1 is 1.06 bits per heavy atom. The topological polar surface area (TPSA) is 123 Å². The van der Waals surface area contributed by atoms with Crippen LogP contribution in [0.3, 0.4) is 0 Å².